The van der Waals surface area contributed by atoms with Crippen LogP contribution in [0.15, 0.2) is 47.1 Å². The van der Waals surface area contributed by atoms with Gasteiger partial charge in [-0.25, -0.2) is 4.98 Å². The van der Waals surface area contributed by atoms with Crippen LogP contribution in [-0.4, -0.2) is 15.9 Å². The van der Waals surface area contributed by atoms with Crippen molar-refractivity contribution in [2.24, 2.45) is 5.92 Å². The Bertz CT molecular complexity index is 822. The SMILES string of the molecule is O=C(Nc1ccc2oc(-c3ccncc3)nc2c1)C1CCC1. The second-order valence-electron chi connectivity index (χ2n) is 5.55. The Labute approximate surface area is 127 Å². The molecule has 4 rings (SSSR count). The van der Waals surface area contributed by atoms with Gasteiger partial charge in [-0.2, -0.15) is 0 Å². The molecule has 1 saturated carbocycles. The lowest BCUT2D eigenvalue weighted by Gasteiger charge is -2.23. The molecule has 0 atom stereocenters. The van der Waals surface area contributed by atoms with Gasteiger partial charge < -0.3 is 9.73 Å². The number of pyridine rings is 1. The minimum absolute atomic E-state index is 0.100. The summed E-state index contributed by atoms with van der Waals surface area (Å²) in [5.41, 5.74) is 3.08. The van der Waals surface area contributed by atoms with Gasteiger partial charge in [-0.05, 0) is 43.2 Å². The minimum Gasteiger partial charge on any atom is -0.436 e. The number of carbonyl (C=O) groups is 1. The second-order valence-corrected chi connectivity index (χ2v) is 5.55. The van der Waals surface area contributed by atoms with Crippen LogP contribution in [0.4, 0.5) is 5.69 Å². The van der Waals surface area contributed by atoms with Crippen LogP contribution in [0, 0.1) is 5.92 Å². The van der Waals surface area contributed by atoms with Gasteiger partial charge in [0.2, 0.25) is 11.8 Å². The number of oxazole rings is 1. The van der Waals surface area contributed by atoms with Crippen molar-refractivity contribution in [2.75, 3.05) is 5.32 Å². The average Bonchev–Trinajstić information content (AvgIpc) is 2.89. The Kier molecular flexibility index (Phi) is 3.11. The van der Waals surface area contributed by atoms with Crippen molar-refractivity contribution in [1.29, 1.82) is 0 Å². The Morgan fingerprint density at radius 1 is 1.18 bits per heavy atom. The first-order valence-electron chi connectivity index (χ1n) is 7.41. The monoisotopic (exact) mass is 293 g/mol. The molecule has 0 aliphatic heterocycles. The largest absolute Gasteiger partial charge is 0.436 e. The normalized spacial score (nSPS) is 14.7. The van der Waals surface area contributed by atoms with E-state index in [-0.39, 0.29) is 11.8 Å². The van der Waals surface area contributed by atoms with Gasteiger partial charge in [0.25, 0.3) is 0 Å². The van der Waals surface area contributed by atoms with Gasteiger partial charge in [-0.15, -0.1) is 0 Å². The number of hydrogen-bond donors (Lipinski definition) is 1. The number of rotatable bonds is 3. The standard InChI is InChI=1S/C17H15N3O2/c21-16(11-2-1-3-11)19-13-4-5-15-14(10-13)20-17(22-15)12-6-8-18-9-7-12/h4-11H,1-3H2,(H,19,21). The Morgan fingerprint density at radius 3 is 2.73 bits per heavy atom. The molecular weight excluding hydrogens is 278 g/mol. The summed E-state index contributed by atoms with van der Waals surface area (Å²) in [7, 11) is 0. The van der Waals surface area contributed by atoms with Gasteiger partial charge in [0, 0.05) is 29.6 Å². The van der Waals surface area contributed by atoms with Crippen molar-refractivity contribution in [2.45, 2.75) is 19.3 Å². The zero-order valence-electron chi connectivity index (χ0n) is 12.0. The molecule has 2 heterocycles. The van der Waals surface area contributed by atoms with Crippen LogP contribution < -0.4 is 5.32 Å². The van der Waals surface area contributed by atoms with Gasteiger partial charge in [-0.1, -0.05) is 6.42 Å². The van der Waals surface area contributed by atoms with Crippen LogP contribution in [0.25, 0.3) is 22.6 Å². The highest BCUT2D eigenvalue weighted by atomic mass is 16.3. The average molecular weight is 293 g/mol. The smallest absolute Gasteiger partial charge is 0.227 e. The maximum absolute atomic E-state index is 12.0. The number of nitrogens with zero attached hydrogens (tertiary/aromatic N) is 2. The van der Waals surface area contributed by atoms with Crippen LogP contribution in [-0.2, 0) is 4.79 Å². The Balaban J connectivity index is 1.62. The number of benzene rings is 1. The summed E-state index contributed by atoms with van der Waals surface area (Å²) in [6.07, 6.45) is 6.53. The van der Waals surface area contributed by atoms with E-state index >= 15 is 0 Å². The fourth-order valence-corrected chi connectivity index (χ4v) is 2.54. The molecule has 0 radical (unpaired) electrons. The molecule has 0 saturated heterocycles. The highest BCUT2D eigenvalue weighted by molar-refractivity contribution is 5.94. The van der Waals surface area contributed by atoms with Crippen molar-refractivity contribution < 1.29 is 9.21 Å². The first kappa shape index (κ1) is 13.0. The van der Waals surface area contributed by atoms with E-state index in [0.717, 1.165) is 36.0 Å². The van der Waals surface area contributed by atoms with Gasteiger partial charge >= 0.3 is 0 Å². The molecule has 110 valence electrons. The Hall–Kier alpha value is -2.69. The maximum atomic E-state index is 12.0. The number of nitrogens with one attached hydrogen (secondary N) is 1. The lowest BCUT2D eigenvalue weighted by atomic mass is 9.85. The molecule has 1 aromatic carbocycles. The number of anilines is 1. The van der Waals surface area contributed by atoms with E-state index < -0.39 is 0 Å². The van der Waals surface area contributed by atoms with Crippen LogP contribution in [0.5, 0.6) is 0 Å². The molecule has 1 amide bonds. The van der Waals surface area contributed by atoms with E-state index in [1.807, 2.05) is 30.3 Å². The number of amides is 1. The summed E-state index contributed by atoms with van der Waals surface area (Å²) in [4.78, 5) is 20.5. The molecule has 0 unspecified atom stereocenters. The molecule has 3 aromatic rings. The summed E-state index contributed by atoms with van der Waals surface area (Å²) in [6, 6.07) is 9.23. The van der Waals surface area contributed by atoms with E-state index in [1.54, 1.807) is 12.4 Å². The fraction of sp³-hybridized carbons (Fsp3) is 0.235. The summed E-state index contributed by atoms with van der Waals surface area (Å²) < 4.78 is 5.74. The van der Waals surface area contributed by atoms with Crippen molar-refractivity contribution in [3.05, 3.63) is 42.7 Å². The van der Waals surface area contributed by atoms with Crippen LogP contribution in [0.3, 0.4) is 0 Å². The second kappa shape index (κ2) is 5.26. The number of carbonyl (C=O) groups excluding carboxylic acids is 1. The zero-order valence-corrected chi connectivity index (χ0v) is 12.0. The minimum atomic E-state index is 0.100. The van der Waals surface area contributed by atoms with Crippen molar-refractivity contribution in [3.8, 4) is 11.5 Å². The molecule has 5 heteroatoms. The van der Waals surface area contributed by atoms with Gasteiger partial charge in [-0.3, -0.25) is 9.78 Å². The summed E-state index contributed by atoms with van der Waals surface area (Å²) in [5, 5.41) is 2.95. The predicted molar refractivity (Wildman–Crippen MR) is 83.2 cm³/mol. The molecule has 1 N–H and O–H groups in total. The third-order valence-corrected chi connectivity index (χ3v) is 4.06. The topological polar surface area (TPSA) is 68.0 Å². The van der Waals surface area contributed by atoms with E-state index in [1.165, 1.54) is 0 Å². The fourth-order valence-electron chi connectivity index (χ4n) is 2.54. The zero-order chi connectivity index (χ0) is 14.9. The first-order chi connectivity index (χ1) is 10.8. The van der Waals surface area contributed by atoms with E-state index in [0.29, 0.717) is 11.5 Å². The summed E-state index contributed by atoms with van der Waals surface area (Å²) in [5.74, 6) is 0.823. The molecule has 1 aliphatic rings. The summed E-state index contributed by atoms with van der Waals surface area (Å²) in [6.45, 7) is 0. The number of aromatic nitrogens is 2. The third-order valence-electron chi connectivity index (χ3n) is 4.06. The van der Waals surface area contributed by atoms with Gasteiger partial charge in [0.1, 0.15) is 5.52 Å². The predicted octanol–water partition coefficient (Wildman–Crippen LogP) is 3.63. The van der Waals surface area contributed by atoms with E-state index in [2.05, 4.69) is 15.3 Å². The molecule has 2 aromatic heterocycles. The lowest BCUT2D eigenvalue weighted by molar-refractivity contribution is -0.122. The van der Waals surface area contributed by atoms with Gasteiger partial charge in [0.15, 0.2) is 5.58 Å². The van der Waals surface area contributed by atoms with Crippen LogP contribution >= 0.6 is 0 Å². The molecule has 0 spiro atoms. The quantitative estimate of drug-likeness (QED) is 0.800. The van der Waals surface area contributed by atoms with Crippen LogP contribution in [0.2, 0.25) is 0 Å². The van der Waals surface area contributed by atoms with Crippen molar-refractivity contribution >= 4 is 22.7 Å². The number of hydrogen-bond acceptors (Lipinski definition) is 4. The van der Waals surface area contributed by atoms with Crippen molar-refractivity contribution in [1.82, 2.24) is 9.97 Å². The van der Waals surface area contributed by atoms with Crippen LogP contribution in [0.1, 0.15) is 19.3 Å². The molecule has 1 aliphatic carbocycles. The molecular formula is C17H15N3O2. The molecule has 22 heavy (non-hydrogen) atoms. The highest BCUT2D eigenvalue weighted by Gasteiger charge is 2.25. The summed E-state index contributed by atoms with van der Waals surface area (Å²) >= 11 is 0. The highest BCUT2D eigenvalue weighted by Crippen LogP contribution is 2.29. The maximum Gasteiger partial charge on any atom is 0.227 e. The first-order valence-corrected chi connectivity index (χ1v) is 7.41. The van der Waals surface area contributed by atoms with Crippen molar-refractivity contribution in [3.63, 3.8) is 0 Å². The lowest BCUT2D eigenvalue weighted by Crippen LogP contribution is -2.27. The molecule has 0 bridgehead atoms. The molecule has 5 nitrogen and oxygen atoms in total. The number of fused-ring (bicyclic) bond motifs is 1. The van der Waals surface area contributed by atoms with E-state index in [4.69, 9.17) is 4.42 Å². The Morgan fingerprint density at radius 2 is 2.00 bits per heavy atom. The third kappa shape index (κ3) is 2.35. The molecule has 1 fully saturated rings. The van der Waals surface area contributed by atoms with E-state index in [9.17, 15) is 4.79 Å². The van der Waals surface area contributed by atoms with Gasteiger partial charge in [0.05, 0.1) is 0 Å².